The lowest BCUT2D eigenvalue weighted by Gasteiger charge is -2.09. The van der Waals surface area contributed by atoms with E-state index in [1.807, 2.05) is 0 Å². The quantitative estimate of drug-likeness (QED) is 0.697. The van der Waals surface area contributed by atoms with Gasteiger partial charge in [0, 0.05) is 18.0 Å². The summed E-state index contributed by atoms with van der Waals surface area (Å²) < 4.78 is 54.5. The molecule has 0 aliphatic rings. The normalized spacial score (nSPS) is 11.7. The van der Waals surface area contributed by atoms with Crippen molar-refractivity contribution in [2.24, 2.45) is 0 Å². The SMILES string of the molecule is Fc1ccc(-n2nnnc2C=CNc2ccc(OC(F)(F)F)cc2)cc1. The van der Waals surface area contributed by atoms with Crippen LogP contribution in [0.1, 0.15) is 5.82 Å². The van der Waals surface area contributed by atoms with E-state index in [4.69, 9.17) is 0 Å². The molecule has 0 saturated heterocycles. The predicted octanol–water partition coefficient (Wildman–Crippen LogP) is 3.78. The number of hydrogen-bond acceptors (Lipinski definition) is 5. The van der Waals surface area contributed by atoms with Crippen LogP contribution in [-0.2, 0) is 0 Å². The summed E-state index contributed by atoms with van der Waals surface area (Å²) in [6, 6.07) is 10.8. The Balaban J connectivity index is 1.66. The number of nitrogens with one attached hydrogen (secondary N) is 1. The Morgan fingerprint density at radius 3 is 2.35 bits per heavy atom. The van der Waals surface area contributed by atoms with Crippen molar-refractivity contribution in [2.75, 3.05) is 5.32 Å². The highest BCUT2D eigenvalue weighted by Crippen LogP contribution is 2.24. The average molecular weight is 365 g/mol. The molecular formula is C16H11F4N5O. The maximum atomic E-state index is 13.0. The molecule has 6 nitrogen and oxygen atoms in total. The predicted molar refractivity (Wildman–Crippen MR) is 84.9 cm³/mol. The average Bonchev–Trinajstić information content (AvgIpc) is 3.04. The first-order chi connectivity index (χ1) is 12.4. The van der Waals surface area contributed by atoms with Crippen molar-refractivity contribution < 1.29 is 22.3 Å². The summed E-state index contributed by atoms with van der Waals surface area (Å²) in [6.45, 7) is 0. The van der Waals surface area contributed by atoms with Gasteiger partial charge >= 0.3 is 6.36 Å². The second kappa shape index (κ2) is 7.21. The lowest BCUT2D eigenvalue weighted by molar-refractivity contribution is -0.274. The number of halogens is 4. The molecule has 0 bridgehead atoms. The number of alkyl halides is 3. The zero-order chi connectivity index (χ0) is 18.6. The maximum absolute atomic E-state index is 13.0. The molecule has 1 aromatic heterocycles. The molecule has 1 heterocycles. The van der Waals surface area contributed by atoms with Gasteiger partial charge in [0.15, 0.2) is 5.82 Å². The Hall–Kier alpha value is -3.43. The first-order valence-corrected chi connectivity index (χ1v) is 7.24. The summed E-state index contributed by atoms with van der Waals surface area (Å²) in [7, 11) is 0. The van der Waals surface area contributed by atoms with Crippen LogP contribution in [0.25, 0.3) is 11.8 Å². The minimum absolute atomic E-state index is 0.313. The second-order valence-corrected chi connectivity index (χ2v) is 4.98. The topological polar surface area (TPSA) is 64.9 Å². The van der Waals surface area contributed by atoms with Crippen LogP contribution in [0.15, 0.2) is 54.7 Å². The fourth-order valence-corrected chi connectivity index (χ4v) is 2.03. The van der Waals surface area contributed by atoms with Crippen LogP contribution < -0.4 is 10.1 Å². The lowest BCUT2D eigenvalue weighted by atomic mass is 10.3. The van der Waals surface area contributed by atoms with Crippen LogP contribution in [0.5, 0.6) is 5.75 Å². The van der Waals surface area contributed by atoms with Gasteiger partial charge in [0.25, 0.3) is 0 Å². The first kappa shape index (κ1) is 17.4. The molecule has 134 valence electrons. The van der Waals surface area contributed by atoms with E-state index in [1.165, 1.54) is 59.4 Å². The summed E-state index contributed by atoms with van der Waals surface area (Å²) in [6.07, 6.45) is -1.65. The molecule has 0 amide bonds. The van der Waals surface area contributed by atoms with Gasteiger partial charge in [0.05, 0.1) is 5.69 Å². The van der Waals surface area contributed by atoms with E-state index >= 15 is 0 Å². The third-order valence-electron chi connectivity index (χ3n) is 3.14. The van der Waals surface area contributed by atoms with Crippen LogP contribution in [-0.4, -0.2) is 26.6 Å². The standard InChI is InChI=1S/C16H11F4N5O/c17-11-1-5-13(6-2-11)25-15(22-23-24-25)9-10-21-12-3-7-14(8-4-12)26-16(18,19)20/h1-10,21H. The van der Waals surface area contributed by atoms with Gasteiger partial charge in [-0.25, -0.2) is 4.39 Å². The Bertz CT molecular complexity index is 888. The van der Waals surface area contributed by atoms with Crippen LogP contribution in [0.3, 0.4) is 0 Å². The molecule has 0 aliphatic carbocycles. The van der Waals surface area contributed by atoms with Crippen LogP contribution >= 0.6 is 0 Å². The Morgan fingerprint density at radius 1 is 1.00 bits per heavy atom. The molecule has 2 aromatic carbocycles. The molecule has 0 fully saturated rings. The zero-order valence-electron chi connectivity index (χ0n) is 13.0. The highest BCUT2D eigenvalue weighted by Gasteiger charge is 2.30. The van der Waals surface area contributed by atoms with E-state index < -0.39 is 6.36 Å². The van der Waals surface area contributed by atoms with E-state index in [-0.39, 0.29) is 11.6 Å². The van der Waals surface area contributed by atoms with E-state index in [0.717, 1.165) is 0 Å². The molecular weight excluding hydrogens is 354 g/mol. The summed E-state index contributed by atoms with van der Waals surface area (Å²) in [4.78, 5) is 0. The number of rotatable bonds is 5. The van der Waals surface area contributed by atoms with Crippen molar-refractivity contribution in [1.82, 2.24) is 20.2 Å². The maximum Gasteiger partial charge on any atom is 0.573 e. The van der Waals surface area contributed by atoms with Gasteiger partial charge in [0.1, 0.15) is 11.6 Å². The zero-order valence-corrected chi connectivity index (χ0v) is 13.0. The van der Waals surface area contributed by atoms with E-state index in [1.54, 1.807) is 6.08 Å². The van der Waals surface area contributed by atoms with Gasteiger partial charge in [-0.05, 0) is 59.0 Å². The van der Waals surface area contributed by atoms with Gasteiger partial charge in [-0.15, -0.1) is 18.3 Å². The minimum atomic E-state index is -4.73. The number of aromatic nitrogens is 4. The van der Waals surface area contributed by atoms with Gasteiger partial charge in [-0.2, -0.15) is 4.68 Å². The molecule has 10 heteroatoms. The summed E-state index contributed by atoms with van der Waals surface area (Å²) in [5.41, 5.74) is 1.11. The van der Waals surface area contributed by atoms with Gasteiger partial charge in [-0.3, -0.25) is 0 Å². The van der Waals surface area contributed by atoms with Crippen molar-refractivity contribution in [3.05, 3.63) is 66.4 Å². The van der Waals surface area contributed by atoms with Crippen LogP contribution in [0.4, 0.5) is 23.2 Å². The second-order valence-electron chi connectivity index (χ2n) is 4.98. The molecule has 0 unspecified atom stereocenters. The minimum Gasteiger partial charge on any atom is -0.406 e. The highest BCUT2D eigenvalue weighted by atomic mass is 19.4. The third kappa shape index (κ3) is 4.56. The number of nitrogens with zero attached hydrogens (tertiary/aromatic N) is 4. The van der Waals surface area contributed by atoms with E-state index in [9.17, 15) is 17.6 Å². The van der Waals surface area contributed by atoms with Crippen molar-refractivity contribution >= 4 is 11.8 Å². The largest absolute Gasteiger partial charge is 0.573 e. The van der Waals surface area contributed by atoms with Crippen molar-refractivity contribution in [3.8, 4) is 11.4 Å². The third-order valence-corrected chi connectivity index (χ3v) is 3.14. The number of hydrogen-bond donors (Lipinski definition) is 1. The van der Waals surface area contributed by atoms with Gasteiger partial charge < -0.3 is 10.1 Å². The molecule has 26 heavy (non-hydrogen) atoms. The number of tetrazole rings is 1. The highest BCUT2D eigenvalue weighted by molar-refractivity contribution is 5.53. The molecule has 3 aromatic rings. The molecule has 0 spiro atoms. The smallest absolute Gasteiger partial charge is 0.406 e. The lowest BCUT2D eigenvalue weighted by Crippen LogP contribution is -2.16. The summed E-state index contributed by atoms with van der Waals surface area (Å²) >= 11 is 0. The summed E-state index contributed by atoms with van der Waals surface area (Å²) in [5.74, 6) is -0.313. The van der Waals surface area contributed by atoms with Crippen molar-refractivity contribution in [3.63, 3.8) is 0 Å². The van der Waals surface area contributed by atoms with Crippen molar-refractivity contribution in [2.45, 2.75) is 6.36 Å². The van der Waals surface area contributed by atoms with E-state index in [0.29, 0.717) is 17.2 Å². The molecule has 0 aliphatic heterocycles. The number of benzene rings is 2. The molecule has 0 atom stereocenters. The Morgan fingerprint density at radius 2 is 1.69 bits per heavy atom. The van der Waals surface area contributed by atoms with Gasteiger partial charge in [-0.1, -0.05) is 0 Å². The fraction of sp³-hybridized carbons (Fsp3) is 0.0625. The Labute approximate surface area is 144 Å². The van der Waals surface area contributed by atoms with Gasteiger partial charge in [0.2, 0.25) is 0 Å². The first-order valence-electron chi connectivity index (χ1n) is 7.24. The molecule has 0 saturated carbocycles. The molecule has 0 radical (unpaired) electrons. The molecule has 1 N–H and O–H groups in total. The summed E-state index contributed by atoms with van der Waals surface area (Å²) in [5, 5.41) is 14.1. The Kier molecular flexibility index (Phi) is 4.83. The monoisotopic (exact) mass is 365 g/mol. The number of anilines is 1. The van der Waals surface area contributed by atoms with Crippen LogP contribution in [0, 0.1) is 5.82 Å². The molecule has 3 rings (SSSR count). The van der Waals surface area contributed by atoms with Crippen LogP contribution in [0.2, 0.25) is 0 Å². The van der Waals surface area contributed by atoms with Crippen molar-refractivity contribution in [1.29, 1.82) is 0 Å². The fourth-order valence-electron chi connectivity index (χ4n) is 2.03. The number of ether oxygens (including phenoxy) is 1. The van der Waals surface area contributed by atoms with E-state index in [2.05, 4.69) is 25.6 Å².